The first-order chi connectivity index (χ1) is 10.4. The molecule has 1 N–H and O–H groups in total. The summed E-state index contributed by atoms with van der Waals surface area (Å²) in [5.41, 5.74) is 0.832. The molecule has 0 unspecified atom stereocenters. The topological polar surface area (TPSA) is 58.6 Å². The van der Waals surface area contributed by atoms with Crippen molar-refractivity contribution in [1.29, 1.82) is 0 Å². The molecule has 5 nitrogen and oxygen atoms in total. The Labute approximate surface area is 136 Å². The fraction of sp³-hybridized carbons (Fsp3) is 0.500. The number of unbranched alkanes of at least 4 members (excludes halogenated alkanes) is 1. The van der Waals surface area contributed by atoms with Gasteiger partial charge in [-0.3, -0.25) is 9.59 Å². The van der Waals surface area contributed by atoms with Crippen LogP contribution in [0.15, 0.2) is 12.1 Å². The third-order valence-corrected chi connectivity index (χ3v) is 3.59. The molecule has 1 aromatic carbocycles. The summed E-state index contributed by atoms with van der Waals surface area (Å²) in [5, 5.41) is 2.93. The third-order valence-electron chi connectivity index (χ3n) is 3.28. The standard InChI is InChI=1S/C16H23ClN2O3/c1-5-7-8-19(6-2)16(21)12-9-13(17)14(18-11(3)20)10-15(12)22-4/h9-10H,5-8H2,1-4H3,(H,18,20). The van der Waals surface area contributed by atoms with E-state index in [4.69, 9.17) is 16.3 Å². The molecule has 0 bridgehead atoms. The molecule has 1 aromatic rings. The lowest BCUT2D eigenvalue weighted by atomic mass is 10.1. The number of carbonyl (C=O) groups is 2. The minimum absolute atomic E-state index is 0.121. The number of halogens is 1. The van der Waals surface area contributed by atoms with Gasteiger partial charge >= 0.3 is 0 Å². The van der Waals surface area contributed by atoms with Crippen LogP contribution in [0.1, 0.15) is 44.0 Å². The second kappa shape index (κ2) is 8.63. The SMILES string of the molecule is CCCCN(CC)C(=O)c1cc(Cl)c(NC(C)=O)cc1OC. The van der Waals surface area contributed by atoms with Crippen LogP contribution < -0.4 is 10.1 Å². The van der Waals surface area contributed by atoms with E-state index in [1.165, 1.54) is 14.0 Å². The van der Waals surface area contributed by atoms with Gasteiger partial charge in [-0.2, -0.15) is 0 Å². The molecule has 0 fully saturated rings. The Morgan fingerprint density at radius 1 is 1.32 bits per heavy atom. The maximum absolute atomic E-state index is 12.6. The molecule has 0 spiro atoms. The number of hydrogen-bond acceptors (Lipinski definition) is 3. The summed E-state index contributed by atoms with van der Waals surface area (Å²) in [4.78, 5) is 25.6. The molecule has 0 aliphatic carbocycles. The number of carbonyl (C=O) groups excluding carboxylic acids is 2. The minimum Gasteiger partial charge on any atom is -0.496 e. The van der Waals surface area contributed by atoms with E-state index < -0.39 is 0 Å². The molecule has 122 valence electrons. The van der Waals surface area contributed by atoms with Gasteiger partial charge in [0.05, 0.1) is 23.4 Å². The van der Waals surface area contributed by atoms with E-state index in [2.05, 4.69) is 12.2 Å². The summed E-state index contributed by atoms with van der Waals surface area (Å²) in [6.45, 7) is 6.73. The monoisotopic (exact) mass is 326 g/mol. The molecule has 0 saturated carbocycles. The van der Waals surface area contributed by atoms with Crippen molar-refractivity contribution in [1.82, 2.24) is 4.90 Å². The summed E-state index contributed by atoms with van der Waals surface area (Å²) in [7, 11) is 1.49. The largest absolute Gasteiger partial charge is 0.496 e. The third kappa shape index (κ3) is 4.63. The molecule has 0 aliphatic heterocycles. The Kier molecular flexibility index (Phi) is 7.18. The minimum atomic E-state index is -0.235. The predicted octanol–water partition coefficient (Wildman–Crippen LogP) is 3.57. The highest BCUT2D eigenvalue weighted by atomic mass is 35.5. The van der Waals surface area contributed by atoms with Gasteiger partial charge in [0.2, 0.25) is 5.91 Å². The van der Waals surface area contributed by atoms with Crippen molar-refractivity contribution in [3.63, 3.8) is 0 Å². The van der Waals surface area contributed by atoms with Gasteiger partial charge in [-0.25, -0.2) is 0 Å². The van der Waals surface area contributed by atoms with Crippen molar-refractivity contribution < 1.29 is 14.3 Å². The van der Waals surface area contributed by atoms with E-state index in [9.17, 15) is 9.59 Å². The molecule has 2 amide bonds. The van der Waals surface area contributed by atoms with Gasteiger partial charge in [-0.05, 0) is 19.4 Å². The number of rotatable bonds is 7. The first-order valence-corrected chi connectivity index (χ1v) is 7.76. The molecule has 0 saturated heterocycles. The normalized spacial score (nSPS) is 10.2. The van der Waals surface area contributed by atoms with Crippen LogP contribution >= 0.6 is 11.6 Å². The van der Waals surface area contributed by atoms with Crippen LogP contribution in [0, 0.1) is 0 Å². The number of nitrogens with one attached hydrogen (secondary N) is 1. The zero-order valence-electron chi connectivity index (χ0n) is 13.5. The molecule has 1 rings (SSSR count). The highest BCUT2D eigenvalue weighted by Gasteiger charge is 2.20. The summed E-state index contributed by atoms with van der Waals surface area (Å²) < 4.78 is 5.29. The molecular formula is C16H23ClN2O3. The number of hydrogen-bond donors (Lipinski definition) is 1. The van der Waals surface area contributed by atoms with Gasteiger partial charge in [-0.15, -0.1) is 0 Å². The smallest absolute Gasteiger partial charge is 0.257 e. The quantitative estimate of drug-likeness (QED) is 0.833. The fourth-order valence-corrected chi connectivity index (χ4v) is 2.31. The Balaban J connectivity index is 3.14. The lowest BCUT2D eigenvalue weighted by molar-refractivity contribution is -0.114. The van der Waals surface area contributed by atoms with Crippen molar-refractivity contribution in [3.8, 4) is 5.75 Å². The van der Waals surface area contributed by atoms with E-state index in [1.54, 1.807) is 17.0 Å². The van der Waals surface area contributed by atoms with Crippen molar-refractivity contribution in [3.05, 3.63) is 22.7 Å². The summed E-state index contributed by atoms with van der Waals surface area (Å²) >= 11 is 6.16. The van der Waals surface area contributed by atoms with Crippen molar-refractivity contribution >= 4 is 29.1 Å². The Bertz CT molecular complexity index is 546. The molecule has 0 radical (unpaired) electrons. The van der Waals surface area contributed by atoms with Crippen molar-refractivity contribution in [2.75, 3.05) is 25.5 Å². The van der Waals surface area contributed by atoms with Gasteiger partial charge in [0.25, 0.3) is 5.91 Å². The van der Waals surface area contributed by atoms with Gasteiger partial charge in [-0.1, -0.05) is 24.9 Å². The number of anilines is 1. The molecule has 0 heterocycles. The number of amides is 2. The fourth-order valence-electron chi connectivity index (χ4n) is 2.10. The summed E-state index contributed by atoms with van der Waals surface area (Å²) in [6, 6.07) is 3.12. The van der Waals surface area contributed by atoms with Crippen LogP contribution in [0.5, 0.6) is 5.75 Å². The van der Waals surface area contributed by atoms with E-state index in [-0.39, 0.29) is 11.8 Å². The number of benzene rings is 1. The highest BCUT2D eigenvalue weighted by molar-refractivity contribution is 6.34. The van der Waals surface area contributed by atoms with Gasteiger partial charge in [0.1, 0.15) is 5.75 Å². The van der Waals surface area contributed by atoms with Crippen LogP contribution in [-0.4, -0.2) is 36.9 Å². The zero-order valence-corrected chi connectivity index (χ0v) is 14.3. The van der Waals surface area contributed by atoms with E-state index in [0.29, 0.717) is 35.1 Å². The van der Waals surface area contributed by atoms with Crippen molar-refractivity contribution in [2.24, 2.45) is 0 Å². The first kappa shape index (κ1) is 18.3. The molecule has 0 aliphatic rings. The van der Waals surface area contributed by atoms with Gasteiger partial charge in [0.15, 0.2) is 0 Å². The maximum Gasteiger partial charge on any atom is 0.257 e. The summed E-state index contributed by atoms with van der Waals surface area (Å²) in [5.74, 6) is 0.0401. The lowest BCUT2D eigenvalue weighted by Gasteiger charge is -2.22. The molecule has 0 aromatic heterocycles. The number of ether oxygens (including phenoxy) is 1. The number of nitrogens with zero attached hydrogens (tertiary/aromatic N) is 1. The van der Waals surface area contributed by atoms with Crippen LogP contribution in [0.4, 0.5) is 5.69 Å². The van der Waals surface area contributed by atoms with E-state index in [1.807, 2.05) is 6.92 Å². The van der Waals surface area contributed by atoms with Crippen LogP contribution in [0.3, 0.4) is 0 Å². The second-order valence-corrected chi connectivity index (χ2v) is 5.36. The average molecular weight is 327 g/mol. The molecule has 0 atom stereocenters. The Morgan fingerprint density at radius 3 is 2.50 bits per heavy atom. The molecular weight excluding hydrogens is 304 g/mol. The maximum atomic E-state index is 12.6. The molecule has 6 heteroatoms. The van der Waals surface area contributed by atoms with Crippen LogP contribution in [-0.2, 0) is 4.79 Å². The van der Waals surface area contributed by atoms with Gasteiger partial charge in [0, 0.05) is 26.1 Å². The average Bonchev–Trinajstić information content (AvgIpc) is 2.49. The van der Waals surface area contributed by atoms with Crippen LogP contribution in [0.25, 0.3) is 0 Å². The Morgan fingerprint density at radius 2 is 2.00 bits per heavy atom. The molecule has 22 heavy (non-hydrogen) atoms. The summed E-state index contributed by atoms with van der Waals surface area (Å²) in [6.07, 6.45) is 1.96. The zero-order chi connectivity index (χ0) is 16.7. The van der Waals surface area contributed by atoms with E-state index in [0.717, 1.165) is 12.8 Å². The number of methoxy groups -OCH3 is 1. The lowest BCUT2D eigenvalue weighted by Crippen LogP contribution is -2.32. The predicted molar refractivity (Wildman–Crippen MR) is 88.8 cm³/mol. The van der Waals surface area contributed by atoms with Crippen LogP contribution in [0.2, 0.25) is 5.02 Å². The Hall–Kier alpha value is -1.75. The van der Waals surface area contributed by atoms with Gasteiger partial charge < -0.3 is 15.0 Å². The highest BCUT2D eigenvalue weighted by Crippen LogP contribution is 2.31. The van der Waals surface area contributed by atoms with Crippen molar-refractivity contribution in [2.45, 2.75) is 33.6 Å². The van der Waals surface area contributed by atoms with E-state index >= 15 is 0 Å². The second-order valence-electron chi connectivity index (χ2n) is 4.95. The first-order valence-electron chi connectivity index (χ1n) is 7.38.